The molecule has 0 aliphatic carbocycles. The number of nitrogens with two attached hydrogens (primary N) is 3. The first kappa shape index (κ1) is 22.8. The first-order chi connectivity index (χ1) is 14.2. The number of ether oxygens (including phenoxy) is 1. The SMILES string of the molecule is CN(/C=N/N)CC[C@H](N)CC(=O)N[C@H]1C=C[C@H](n2ccc(N)nc2=O)O[C@@H]1C(=O)O. The second kappa shape index (κ2) is 10.4. The molecule has 8 N–H and O–H groups in total. The van der Waals surface area contributed by atoms with Crippen LogP contribution in [0, 0.1) is 0 Å². The van der Waals surface area contributed by atoms with Gasteiger partial charge >= 0.3 is 11.7 Å². The molecule has 13 heteroatoms. The van der Waals surface area contributed by atoms with E-state index in [1.54, 1.807) is 11.9 Å². The third-order valence-corrected chi connectivity index (χ3v) is 4.36. The van der Waals surface area contributed by atoms with Crippen molar-refractivity contribution in [1.82, 2.24) is 19.8 Å². The first-order valence-electron chi connectivity index (χ1n) is 9.11. The summed E-state index contributed by atoms with van der Waals surface area (Å²) in [6.45, 7) is 0.547. The van der Waals surface area contributed by atoms with Crippen LogP contribution >= 0.6 is 0 Å². The quantitative estimate of drug-likeness (QED) is 0.0953. The van der Waals surface area contributed by atoms with Gasteiger partial charge in [0.15, 0.2) is 12.3 Å². The molecule has 1 aromatic rings. The molecule has 0 saturated carbocycles. The maximum Gasteiger partial charge on any atom is 0.351 e. The molecule has 0 unspecified atom stereocenters. The van der Waals surface area contributed by atoms with Crippen molar-refractivity contribution in [2.45, 2.75) is 37.3 Å². The Hall–Kier alpha value is -3.45. The van der Waals surface area contributed by atoms with Crippen LogP contribution < -0.4 is 28.3 Å². The number of nitrogens with zero attached hydrogens (tertiary/aromatic N) is 4. The van der Waals surface area contributed by atoms with Gasteiger partial charge in [-0.2, -0.15) is 10.1 Å². The van der Waals surface area contributed by atoms with Crippen LogP contribution in [0.2, 0.25) is 0 Å². The number of carboxylic acids is 1. The Bertz CT molecular complexity index is 870. The summed E-state index contributed by atoms with van der Waals surface area (Å²) in [5.74, 6) is 3.38. The highest BCUT2D eigenvalue weighted by Crippen LogP contribution is 2.20. The monoisotopic (exact) mass is 422 g/mol. The molecular weight excluding hydrogens is 396 g/mol. The zero-order chi connectivity index (χ0) is 22.3. The van der Waals surface area contributed by atoms with Gasteiger partial charge in [0.25, 0.3) is 0 Å². The lowest BCUT2D eigenvalue weighted by molar-refractivity contribution is -0.159. The van der Waals surface area contributed by atoms with Crippen molar-refractivity contribution in [3.8, 4) is 0 Å². The summed E-state index contributed by atoms with van der Waals surface area (Å²) in [4.78, 5) is 41.2. The fourth-order valence-corrected chi connectivity index (χ4v) is 2.84. The summed E-state index contributed by atoms with van der Waals surface area (Å²) in [5, 5.41) is 15.5. The number of aliphatic carboxylic acids is 1. The van der Waals surface area contributed by atoms with Crippen molar-refractivity contribution in [2.75, 3.05) is 19.3 Å². The lowest BCUT2D eigenvalue weighted by atomic mass is 10.1. The van der Waals surface area contributed by atoms with Gasteiger partial charge in [-0.1, -0.05) is 6.08 Å². The normalized spacial score (nSPS) is 22.0. The highest BCUT2D eigenvalue weighted by molar-refractivity contribution is 5.80. The molecule has 0 radical (unpaired) electrons. The predicted octanol–water partition coefficient (Wildman–Crippen LogP) is -2.21. The molecule has 1 amide bonds. The predicted molar refractivity (Wildman–Crippen MR) is 108 cm³/mol. The largest absolute Gasteiger partial charge is 0.479 e. The minimum Gasteiger partial charge on any atom is -0.479 e. The van der Waals surface area contributed by atoms with Crippen molar-refractivity contribution >= 4 is 24.0 Å². The molecule has 2 heterocycles. The summed E-state index contributed by atoms with van der Waals surface area (Å²) < 4.78 is 6.59. The zero-order valence-electron chi connectivity index (χ0n) is 16.4. The molecule has 164 valence electrons. The Labute approximate surface area is 172 Å². The number of anilines is 1. The number of hydrogen-bond acceptors (Lipinski definition) is 9. The molecule has 0 fully saturated rings. The van der Waals surface area contributed by atoms with Crippen molar-refractivity contribution in [1.29, 1.82) is 0 Å². The van der Waals surface area contributed by atoms with Gasteiger partial charge < -0.3 is 37.4 Å². The minimum absolute atomic E-state index is 0.00491. The Morgan fingerprint density at radius 3 is 2.87 bits per heavy atom. The molecule has 0 aromatic carbocycles. The van der Waals surface area contributed by atoms with Crippen LogP contribution in [0.1, 0.15) is 19.1 Å². The summed E-state index contributed by atoms with van der Waals surface area (Å²) in [7, 11) is 1.77. The lowest BCUT2D eigenvalue weighted by Gasteiger charge is -2.31. The summed E-state index contributed by atoms with van der Waals surface area (Å²) in [6, 6.07) is 0.0194. The summed E-state index contributed by atoms with van der Waals surface area (Å²) >= 11 is 0. The number of rotatable bonds is 9. The fourth-order valence-electron chi connectivity index (χ4n) is 2.84. The Morgan fingerprint density at radius 2 is 2.23 bits per heavy atom. The third-order valence-electron chi connectivity index (χ3n) is 4.36. The van der Waals surface area contributed by atoms with E-state index in [1.165, 1.54) is 30.8 Å². The van der Waals surface area contributed by atoms with Crippen LogP contribution in [0.4, 0.5) is 5.82 Å². The summed E-state index contributed by atoms with van der Waals surface area (Å²) in [5.41, 5.74) is 10.7. The van der Waals surface area contributed by atoms with Crippen LogP contribution in [0.5, 0.6) is 0 Å². The number of nitrogen functional groups attached to an aromatic ring is 1. The van der Waals surface area contributed by atoms with Gasteiger partial charge in [0, 0.05) is 32.3 Å². The Morgan fingerprint density at radius 1 is 1.50 bits per heavy atom. The lowest BCUT2D eigenvalue weighted by Crippen LogP contribution is -2.51. The standard InChI is InChI=1S/C17H26N8O5/c1-24(9-21-20)6-4-10(18)8-13(26)22-11-2-3-14(30-15(11)16(27)28)25-7-5-12(19)23-17(25)29/h2-3,5,7,9-11,14-15H,4,6,8,18,20H2,1H3,(H,22,26)(H,27,28)(H2,19,23,29)/b21-9+/t10-,11-,14+,15-/m0/s1. The number of hydrazone groups is 1. The van der Waals surface area contributed by atoms with Gasteiger partial charge in [0.2, 0.25) is 5.91 Å². The average molecular weight is 422 g/mol. The van der Waals surface area contributed by atoms with Crippen molar-refractivity contribution < 1.29 is 19.4 Å². The van der Waals surface area contributed by atoms with Gasteiger partial charge in [-0.05, 0) is 18.6 Å². The van der Waals surface area contributed by atoms with Crippen LogP contribution in [-0.4, -0.2) is 69.6 Å². The van der Waals surface area contributed by atoms with Crippen LogP contribution in [0.25, 0.3) is 0 Å². The van der Waals surface area contributed by atoms with Crippen LogP contribution in [0.15, 0.2) is 34.3 Å². The molecular formula is C17H26N8O5. The van der Waals surface area contributed by atoms with Gasteiger partial charge in [-0.15, -0.1) is 0 Å². The molecule has 30 heavy (non-hydrogen) atoms. The maximum absolute atomic E-state index is 12.3. The highest BCUT2D eigenvalue weighted by atomic mass is 16.5. The van der Waals surface area contributed by atoms with Crippen molar-refractivity contribution in [2.24, 2.45) is 16.7 Å². The zero-order valence-corrected chi connectivity index (χ0v) is 16.4. The van der Waals surface area contributed by atoms with Crippen molar-refractivity contribution in [3.05, 3.63) is 34.9 Å². The van der Waals surface area contributed by atoms with E-state index in [4.69, 9.17) is 22.0 Å². The molecule has 0 spiro atoms. The molecule has 4 atom stereocenters. The van der Waals surface area contributed by atoms with Gasteiger partial charge in [0.05, 0.1) is 6.04 Å². The van der Waals surface area contributed by atoms with E-state index in [0.717, 1.165) is 4.57 Å². The number of carboxylic acid groups (broad SMARTS) is 1. The minimum atomic E-state index is -1.41. The number of carbonyl (C=O) groups excluding carboxylic acids is 1. The Balaban J connectivity index is 2.00. The number of aromatic nitrogens is 2. The third kappa shape index (κ3) is 6.28. The van der Waals surface area contributed by atoms with E-state index >= 15 is 0 Å². The molecule has 0 bridgehead atoms. The molecule has 1 aliphatic heterocycles. The molecule has 0 saturated heterocycles. The number of carbonyl (C=O) groups is 2. The molecule has 1 aliphatic rings. The number of hydrogen-bond donors (Lipinski definition) is 5. The average Bonchev–Trinajstić information content (AvgIpc) is 2.67. The second-order valence-electron chi connectivity index (χ2n) is 6.80. The van der Waals surface area contributed by atoms with E-state index in [2.05, 4.69) is 15.4 Å². The smallest absolute Gasteiger partial charge is 0.351 e. The maximum atomic E-state index is 12.3. The van der Waals surface area contributed by atoms with Gasteiger partial charge in [-0.3, -0.25) is 9.36 Å². The van der Waals surface area contributed by atoms with Gasteiger partial charge in [-0.25, -0.2) is 9.59 Å². The number of amides is 1. The van der Waals surface area contributed by atoms with Crippen LogP contribution in [0.3, 0.4) is 0 Å². The number of nitrogens with one attached hydrogen (secondary N) is 1. The van der Waals surface area contributed by atoms with Crippen LogP contribution in [-0.2, 0) is 14.3 Å². The Kier molecular flexibility index (Phi) is 7.89. The van der Waals surface area contributed by atoms with E-state index in [0.29, 0.717) is 13.0 Å². The topological polar surface area (TPSA) is 204 Å². The van der Waals surface area contributed by atoms with E-state index < -0.39 is 42.0 Å². The fraction of sp³-hybridized carbons (Fsp3) is 0.471. The van der Waals surface area contributed by atoms with Crippen molar-refractivity contribution in [3.63, 3.8) is 0 Å². The molecule has 13 nitrogen and oxygen atoms in total. The molecule has 2 rings (SSSR count). The van der Waals surface area contributed by atoms with E-state index in [1.807, 2.05) is 0 Å². The molecule has 1 aromatic heterocycles. The van der Waals surface area contributed by atoms with Gasteiger partial charge in [0.1, 0.15) is 12.2 Å². The summed E-state index contributed by atoms with van der Waals surface area (Å²) in [6.07, 6.45) is 3.81. The second-order valence-corrected chi connectivity index (χ2v) is 6.80. The highest BCUT2D eigenvalue weighted by Gasteiger charge is 2.35. The van der Waals surface area contributed by atoms with E-state index in [-0.39, 0.29) is 12.2 Å². The first-order valence-corrected chi connectivity index (χ1v) is 9.11. The van der Waals surface area contributed by atoms with E-state index in [9.17, 15) is 19.5 Å².